The minimum atomic E-state index is -0.0358. The summed E-state index contributed by atoms with van der Waals surface area (Å²) in [7, 11) is 0. The Hall–Kier alpha value is -1.90. The number of piperidine rings is 1. The number of aromatic nitrogens is 3. The van der Waals surface area contributed by atoms with Gasteiger partial charge in [0.15, 0.2) is 10.8 Å². The van der Waals surface area contributed by atoms with Crippen molar-refractivity contribution in [2.45, 2.75) is 31.3 Å². The van der Waals surface area contributed by atoms with Crippen molar-refractivity contribution in [2.24, 2.45) is 5.92 Å². The monoisotopic (exact) mass is 447 g/mol. The fourth-order valence-corrected chi connectivity index (χ4v) is 5.39. The van der Waals surface area contributed by atoms with Gasteiger partial charge in [0.25, 0.3) is 0 Å². The Bertz CT molecular complexity index is 994. The highest BCUT2D eigenvalue weighted by atomic mass is 35.5. The van der Waals surface area contributed by atoms with Crippen LogP contribution in [0.2, 0.25) is 5.02 Å². The van der Waals surface area contributed by atoms with Crippen molar-refractivity contribution < 1.29 is 4.79 Å². The van der Waals surface area contributed by atoms with Crippen molar-refractivity contribution in [2.75, 3.05) is 23.7 Å². The molecule has 0 radical (unpaired) electrons. The van der Waals surface area contributed by atoms with E-state index < -0.39 is 0 Å². The zero-order chi connectivity index (χ0) is 20.2. The van der Waals surface area contributed by atoms with Crippen molar-refractivity contribution in [3.63, 3.8) is 0 Å². The molecule has 2 aromatic heterocycles. The first-order valence-electron chi connectivity index (χ1n) is 9.59. The van der Waals surface area contributed by atoms with Crippen LogP contribution in [0.3, 0.4) is 0 Å². The molecule has 6 nitrogen and oxygen atoms in total. The molecule has 1 aliphatic rings. The standard InChI is InChI=1S/C20H22ClN5OS2/c1-13-3-2-8-26(10-13)20-25-18-17(29-20)19(24-12-23-18)28-11-16(27)22-9-14-4-6-15(21)7-5-14/h4-7,12-13H,2-3,8-11H2,1H3,(H,22,27). The van der Waals surface area contributed by atoms with Crippen LogP contribution in [0, 0.1) is 5.92 Å². The molecule has 152 valence electrons. The Morgan fingerprint density at radius 3 is 2.97 bits per heavy atom. The number of halogens is 1. The highest BCUT2D eigenvalue weighted by Crippen LogP contribution is 2.35. The third-order valence-corrected chi connectivity index (χ3v) is 7.30. The molecule has 1 aliphatic heterocycles. The van der Waals surface area contributed by atoms with Gasteiger partial charge in [0.2, 0.25) is 5.91 Å². The molecule has 1 amide bonds. The molecule has 9 heteroatoms. The number of hydrogen-bond acceptors (Lipinski definition) is 7. The van der Waals surface area contributed by atoms with E-state index in [2.05, 4.69) is 27.1 Å². The summed E-state index contributed by atoms with van der Waals surface area (Å²) in [5.74, 6) is 0.944. The lowest BCUT2D eigenvalue weighted by molar-refractivity contribution is -0.118. The van der Waals surface area contributed by atoms with Gasteiger partial charge >= 0.3 is 0 Å². The molecule has 1 atom stereocenters. The van der Waals surface area contributed by atoms with Crippen molar-refractivity contribution in [1.82, 2.24) is 20.3 Å². The lowest BCUT2D eigenvalue weighted by atomic mass is 10.0. The largest absolute Gasteiger partial charge is 0.351 e. The Kier molecular flexibility index (Phi) is 6.52. The number of rotatable bonds is 6. The van der Waals surface area contributed by atoms with Crippen LogP contribution in [-0.4, -0.2) is 39.7 Å². The minimum absolute atomic E-state index is 0.0358. The van der Waals surface area contributed by atoms with Gasteiger partial charge in [-0.05, 0) is 36.5 Å². The van der Waals surface area contributed by atoms with Gasteiger partial charge in [-0.15, -0.1) is 0 Å². The molecule has 0 spiro atoms. The summed E-state index contributed by atoms with van der Waals surface area (Å²) in [4.78, 5) is 28.0. The van der Waals surface area contributed by atoms with Crippen LogP contribution in [0.15, 0.2) is 35.6 Å². The van der Waals surface area contributed by atoms with Crippen molar-refractivity contribution in [3.8, 4) is 0 Å². The molecule has 0 saturated carbocycles. The molecule has 3 aromatic rings. The van der Waals surface area contributed by atoms with Gasteiger partial charge in [-0.2, -0.15) is 4.98 Å². The predicted molar refractivity (Wildman–Crippen MR) is 120 cm³/mol. The molecular formula is C20H22ClN5OS2. The third-order valence-electron chi connectivity index (χ3n) is 4.82. The summed E-state index contributed by atoms with van der Waals surface area (Å²) in [6.07, 6.45) is 3.99. The number of nitrogens with one attached hydrogen (secondary N) is 1. The SMILES string of the molecule is CC1CCCN(c2nc3ncnc(SCC(=O)NCc4ccc(Cl)cc4)c3s2)C1. The quantitative estimate of drug-likeness (QED) is 0.446. The zero-order valence-electron chi connectivity index (χ0n) is 16.1. The molecule has 29 heavy (non-hydrogen) atoms. The number of thioether (sulfide) groups is 1. The number of carbonyl (C=O) groups excluding carboxylic acids is 1. The lowest BCUT2D eigenvalue weighted by Gasteiger charge is -2.30. The van der Waals surface area contributed by atoms with E-state index in [-0.39, 0.29) is 5.91 Å². The molecule has 1 unspecified atom stereocenters. The summed E-state index contributed by atoms with van der Waals surface area (Å²) >= 11 is 8.93. The van der Waals surface area contributed by atoms with E-state index in [1.165, 1.54) is 30.9 Å². The molecule has 1 N–H and O–H groups in total. The first-order valence-corrected chi connectivity index (χ1v) is 11.8. The number of fused-ring (bicyclic) bond motifs is 1. The van der Waals surface area contributed by atoms with Gasteiger partial charge in [-0.3, -0.25) is 4.79 Å². The van der Waals surface area contributed by atoms with Gasteiger partial charge in [0.1, 0.15) is 16.1 Å². The van der Waals surface area contributed by atoms with Crippen molar-refractivity contribution >= 4 is 56.1 Å². The Labute approximate surface area is 183 Å². The van der Waals surface area contributed by atoms with Crippen LogP contribution in [0.1, 0.15) is 25.3 Å². The first-order chi connectivity index (χ1) is 14.1. The number of benzene rings is 1. The highest BCUT2D eigenvalue weighted by Gasteiger charge is 2.21. The molecule has 1 fully saturated rings. The van der Waals surface area contributed by atoms with E-state index in [4.69, 9.17) is 16.6 Å². The number of carbonyl (C=O) groups is 1. The fourth-order valence-electron chi connectivity index (χ4n) is 3.31. The minimum Gasteiger partial charge on any atom is -0.351 e. The number of nitrogens with zero attached hydrogens (tertiary/aromatic N) is 4. The second-order valence-electron chi connectivity index (χ2n) is 7.21. The van der Waals surface area contributed by atoms with E-state index in [1.807, 2.05) is 24.3 Å². The van der Waals surface area contributed by atoms with Gasteiger partial charge in [0, 0.05) is 24.7 Å². The summed E-state index contributed by atoms with van der Waals surface area (Å²) in [6, 6.07) is 7.45. The second kappa shape index (κ2) is 9.28. The number of anilines is 1. The predicted octanol–water partition coefficient (Wildman–Crippen LogP) is 4.38. The maximum absolute atomic E-state index is 12.3. The normalized spacial score (nSPS) is 16.9. The fraction of sp³-hybridized carbons (Fsp3) is 0.400. The molecular weight excluding hydrogens is 426 g/mol. The first kappa shape index (κ1) is 20.4. The Morgan fingerprint density at radius 2 is 2.17 bits per heavy atom. The second-order valence-corrected chi connectivity index (χ2v) is 9.59. The van der Waals surface area contributed by atoms with Crippen LogP contribution < -0.4 is 10.2 Å². The van der Waals surface area contributed by atoms with E-state index in [0.29, 0.717) is 28.9 Å². The maximum atomic E-state index is 12.3. The van der Waals surface area contributed by atoms with Crippen LogP contribution in [0.4, 0.5) is 5.13 Å². The average molecular weight is 448 g/mol. The van der Waals surface area contributed by atoms with E-state index in [1.54, 1.807) is 11.3 Å². The smallest absolute Gasteiger partial charge is 0.230 e. The summed E-state index contributed by atoms with van der Waals surface area (Å²) in [6.45, 7) is 4.83. The average Bonchev–Trinajstić information content (AvgIpc) is 3.17. The highest BCUT2D eigenvalue weighted by molar-refractivity contribution is 8.00. The van der Waals surface area contributed by atoms with E-state index in [9.17, 15) is 4.79 Å². The van der Waals surface area contributed by atoms with Crippen molar-refractivity contribution in [3.05, 3.63) is 41.2 Å². The van der Waals surface area contributed by atoms with E-state index >= 15 is 0 Å². The number of thiazole rings is 1. The maximum Gasteiger partial charge on any atom is 0.230 e. The van der Waals surface area contributed by atoms with E-state index in [0.717, 1.165) is 33.5 Å². The van der Waals surface area contributed by atoms with Gasteiger partial charge < -0.3 is 10.2 Å². The van der Waals surface area contributed by atoms with Crippen molar-refractivity contribution in [1.29, 1.82) is 0 Å². The summed E-state index contributed by atoms with van der Waals surface area (Å²) < 4.78 is 0.955. The van der Waals surface area contributed by atoms with Crippen LogP contribution in [0.5, 0.6) is 0 Å². The van der Waals surface area contributed by atoms with Crippen LogP contribution >= 0.6 is 34.7 Å². The zero-order valence-corrected chi connectivity index (χ0v) is 18.5. The van der Waals surface area contributed by atoms with Crippen LogP contribution in [-0.2, 0) is 11.3 Å². The number of hydrogen-bond donors (Lipinski definition) is 1. The molecule has 0 bridgehead atoms. The third kappa shape index (κ3) is 5.18. The lowest BCUT2D eigenvalue weighted by Crippen LogP contribution is -2.34. The number of amides is 1. The summed E-state index contributed by atoms with van der Waals surface area (Å²) in [5, 5.41) is 5.43. The van der Waals surface area contributed by atoms with Crippen LogP contribution in [0.25, 0.3) is 10.3 Å². The summed E-state index contributed by atoms with van der Waals surface area (Å²) in [5.41, 5.74) is 1.72. The van der Waals surface area contributed by atoms with Gasteiger partial charge in [0.05, 0.1) is 5.75 Å². The van der Waals surface area contributed by atoms with Gasteiger partial charge in [-0.1, -0.05) is 53.8 Å². The topological polar surface area (TPSA) is 71.0 Å². The Morgan fingerprint density at radius 1 is 1.34 bits per heavy atom. The molecule has 0 aliphatic carbocycles. The molecule has 3 heterocycles. The molecule has 4 rings (SSSR count). The Balaban J connectivity index is 1.38. The molecule has 1 saturated heterocycles. The van der Waals surface area contributed by atoms with Gasteiger partial charge in [-0.25, -0.2) is 9.97 Å². The molecule has 1 aromatic carbocycles.